The van der Waals surface area contributed by atoms with Gasteiger partial charge in [0.2, 0.25) is 0 Å². The van der Waals surface area contributed by atoms with Gasteiger partial charge in [-0.15, -0.1) is 0 Å². The maximum Gasteiger partial charge on any atom is 0.534 e. The van der Waals surface area contributed by atoms with Crippen LogP contribution in [0.1, 0.15) is 27.7 Å². The van der Waals surface area contributed by atoms with E-state index < -0.39 is 20.4 Å². The van der Waals surface area contributed by atoms with Crippen LogP contribution >= 0.6 is 0 Å². The quantitative estimate of drug-likeness (QED) is 0.807. The molecule has 0 bridgehead atoms. The van der Waals surface area contributed by atoms with Crippen LogP contribution < -0.4 is 5.19 Å². The minimum atomic E-state index is -3.55. The molecule has 0 aliphatic carbocycles. The van der Waals surface area contributed by atoms with Crippen molar-refractivity contribution in [1.29, 1.82) is 0 Å². The first-order valence-electron chi connectivity index (χ1n) is 7.85. The van der Waals surface area contributed by atoms with Gasteiger partial charge in [-0.1, -0.05) is 24.3 Å². The number of hydrogen-bond donors (Lipinski definition) is 1. The molecule has 1 N–H and O–H groups in total. The third-order valence-corrected chi connectivity index (χ3v) is 5.93. The zero-order valence-electron chi connectivity index (χ0n) is 14.2. The van der Waals surface area contributed by atoms with Gasteiger partial charge >= 0.3 is 8.80 Å². The second kappa shape index (κ2) is 7.52. The molecule has 130 valence electrons. The molecule has 2 rings (SSSR count). The number of benzene rings is 2. The summed E-state index contributed by atoms with van der Waals surface area (Å²) in [7, 11) is -3.55. The molecule has 0 radical (unpaired) electrons. The highest BCUT2D eigenvalue weighted by atomic mass is 28.4. The first-order chi connectivity index (χ1) is 11.2. The van der Waals surface area contributed by atoms with Crippen LogP contribution in [0.25, 0.3) is 11.1 Å². The maximum atomic E-state index is 13.9. The average Bonchev–Trinajstić information content (AvgIpc) is 2.45. The van der Waals surface area contributed by atoms with E-state index in [0.717, 1.165) is 6.07 Å². The standard InChI is InChI=1S/C18H22F2O3Si/c1-12(2)22-24(21,23-13(3)4)16-8-5-14(6-9-16)17-10-7-15(19)11-18(17)20/h5-13,21H,1-4H3. The van der Waals surface area contributed by atoms with E-state index in [9.17, 15) is 13.6 Å². The van der Waals surface area contributed by atoms with E-state index in [0.29, 0.717) is 16.3 Å². The Bertz CT molecular complexity index is 677. The lowest BCUT2D eigenvalue weighted by Crippen LogP contribution is -2.56. The molecular formula is C18H22F2O3Si. The second-order valence-corrected chi connectivity index (χ2v) is 8.33. The zero-order chi connectivity index (χ0) is 17.9. The molecule has 0 saturated carbocycles. The molecule has 0 fully saturated rings. The van der Waals surface area contributed by atoms with Crippen LogP contribution in [0.2, 0.25) is 0 Å². The summed E-state index contributed by atoms with van der Waals surface area (Å²) >= 11 is 0. The summed E-state index contributed by atoms with van der Waals surface area (Å²) in [5.74, 6) is -1.25. The number of halogens is 2. The predicted octanol–water partition coefficient (Wildman–Crippen LogP) is 3.62. The van der Waals surface area contributed by atoms with E-state index in [1.54, 1.807) is 24.3 Å². The lowest BCUT2D eigenvalue weighted by Gasteiger charge is -2.28. The summed E-state index contributed by atoms with van der Waals surface area (Å²) in [6.07, 6.45) is -0.399. The molecule has 6 heteroatoms. The molecule has 0 atom stereocenters. The number of hydrogen-bond acceptors (Lipinski definition) is 3. The molecule has 0 amide bonds. The normalized spacial score (nSPS) is 12.2. The molecule has 24 heavy (non-hydrogen) atoms. The summed E-state index contributed by atoms with van der Waals surface area (Å²) in [5.41, 5.74) is 0.879. The minimum absolute atomic E-state index is 0.199. The molecule has 3 nitrogen and oxygen atoms in total. The molecule has 0 unspecified atom stereocenters. The second-order valence-electron chi connectivity index (χ2n) is 6.12. The van der Waals surface area contributed by atoms with E-state index in [2.05, 4.69) is 0 Å². The smallest absolute Gasteiger partial charge is 0.386 e. The Kier molecular flexibility index (Phi) is 5.87. The van der Waals surface area contributed by atoms with Crippen molar-refractivity contribution >= 4 is 14.0 Å². The fourth-order valence-corrected chi connectivity index (χ4v) is 4.58. The molecule has 0 aromatic heterocycles. The highest BCUT2D eigenvalue weighted by Gasteiger charge is 2.41. The van der Waals surface area contributed by atoms with Crippen molar-refractivity contribution in [2.24, 2.45) is 0 Å². The fraction of sp³-hybridized carbons (Fsp3) is 0.333. The molecule has 0 heterocycles. The minimum Gasteiger partial charge on any atom is -0.386 e. The molecule has 0 saturated heterocycles. The van der Waals surface area contributed by atoms with E-state index in [-0.39, 0.29) is 12.2 Å². The van der Waals surface area contributed by atoms with Crippen molar-refractivity contribution in [2.45, 2.75) is 39.9 Å². The predicted molar refractivity (Wildman–Crippen MR) is 91.8 cm³/mol. The molecule has 0 spiro atoms. The van der Waals surface area contributed by atoms with Crippen molar-refractivity contribution in [1.82, 2.24) is 0 Å². The molecule has 2 aromatic carbocycles. The molecule has 0 aliphatic rings. The van der Waals surface area contributed by atoms with Gasteiger partial charge in [0.1, 0.15) is 11.6 Å². The van der Waals surface area contributed by atoms with Crippen molar-refractivity contribution in [3.05, 3.63) is 54.1 Å². The Balaban J connectivity index is 2.35. The van der Waals surface area contributed by atoms with Crippen LogP contribution in [0.5, 0.6) is 0 Å². The van der Waals surface area contributed by atoms with Gasteiger partial charge in [0.25, 0.3) is 0 Å². The molecule has 0 aliphatic heterocycles. The van der Waals surface area contributed by atoms with Gasteiger partial charge in [0, 0.05) is 29.0 Å². The summed E-state index contributed by atoms with van der Waals surface area (Å²) in [4.78, 5) is 10.8. The van der Waals surface area contributed by atoms with Gasteiger partial charge in [-0.2, -0.15) is 0 Å². The third-order valence-electron chi connectivity index (χ3n) is 3.28. The van der Waals surface area contributed by atoms with Gasteiger partial charge in [0.15, 0.2) is 0 Å². The highest BCUT2D eigenvalue weighted by Crippen LogP contribution is 2.23. The summed E-state index contributed by atoms with van der Waals surface area (Å²) in [5, 5.41) is 0.538. The SMILES string of the molecule is CC(C)O[Si](O)(OC(C)C)c1ccc(-c2ccc(F)cc2F)cc1. The van der Waals surface area contributed by atoms with Crippen LogP contribution in [0.3, 0.4) is 0 Å². The van der Waals surface area contributed by atoms with Crippen molar-refractivity contribution < 1.29 is 22.4 Å². The summed E-state index contributed by atoms with van der Waals surface area (Å²) in [6, 6.07) is 10.1. The van der Waals surface area contributed by atoms with Crippen LogP contribution in [-0.2, 0) is 8.85 Å². The van der Waals surface area contributed by atoms with Crippen molar-refractivity contribution in [3.63, 3.8) is 0 Å². The van der Waals surface area contributed by atoms with Crippen LogP contribution in [0, 0.1) is 11.6 Å². The van der Waals surface area contributed by atoms with Gasteiger partial charge in [-0.3, -0.25) is 0 Å². The van der Waals surface area contributed by atoms with E-state index >= 15 is 0 Å². The van der Waals surface area contributed by atoms with E-state index in [1.807, 2.05) is 27.7 Å². The Morgan fingerprint density at radius 1 is 0.875 bits per heavy atom. The maximum absolute atomic E-state index is 13.9. The Morgan fingerprint density at radius 3 is 1.88 bits per heavy atom. The Hall–Kier alpha value is -1.60. The Morgan fingerprint density at radius 2 is 1.42 bits per heavy atom. The van der Waals surface area contributed by atoms with E-state index in [4.69, 9.17) is 8.85 Å². The monoisotopic (exact) mass is 352 g/mol. The van der Waals surface area contributed by atoms with E-state index in [1.165, 1.54) is 12.1 Å². The third kappa shape index (κ3) is 4.48. The molecular weight excluding hydrogens is 330 g/mol. The van der Waals surface area contributed by atoms with Gasteiger partial charge in [-0.25, -0.2) is 8.78 Å². The number of rotatable bonds is 6. The van der Waals surface area contributed by atoms with Gasteiger partial charge < -0.3 is 13.6 Å². The first-order valence-corrected chi connectivity index (χ1v) is 9.61. The van der Waals surface area contributed by atoms with Gasteiger partial charge in [-0.05, 0) is 45.4 Å². The largest absolute Gasteiger partial charge is 0.534 e. The van der Waals surface area contributed by atoms with Crippen LogP contribution in [0.4, 0.5) is 8.78 Å². The van der Waals surface area contributed by atoms with Gasteiger partial charge in [0.05, 0.1) is 0 Å². The van der Waals surface area contributed by atoms with Crippen molar-refractivity contribution in [2.75, 3.05) is 0 Å². The topological polar surface area (TPSA) is 38.7 Å². The highest BCUT2D eigenvalue weighted by molar-refractivity contribution is 6.74. The summed E-state index contributed by atoms with van der Waals surface area (Å²) in [6.45, 7) is 7.29. The summed E-state index contributed by atoms with van der Waals surface area (Å²) < 4.78 is 38.2. The Labute approximate surface area is 142 Å². The van der Waals surface area contributed by atoms with Crippen molar-refractivity contribution in [3.8, 4) is 11.1 Å². The lowest BCUT2D eigenvalue weighted by molar-refractivity contribution is 0.0605. The molecule has 2 aromatic rings. The lowest BCUT2D eigenvalue weighted by atomic mass is 10.1. The fourth-order valence-electron chi connectivity index (χ4n) is 2.39. The van der Waals surface area contributed by atoms with Crippen LogP contribution in [0.15, 0.2) is 42.5 Å². The zero-order valence-corrected chi connectivity index (χ0v) is 15.2. The first kappa shape index (κ1) is 18.7. The average molecular weight is 352 g/mol. The van der Waals surface area contributed by atoms with Crippen LogP contribution in [-0.4, -0.2) is 25.8 Å².